The summed E-state index contributed by atoms with van der Waals surface area (Å²) in [6.45, 7) is 9.06. The lowest BCUT2D eigenvalue weighted by Gasteiger charge is -2.21. The van der Waals surface area contributed by atoms with Crippen molar-refractivity contribution in [3.63, 3.8) is 0 Å². The van der Waals surface area contributed by atoms with E-state index < -0.39 is 11.2 Å². The predicted molar refractivity (Wildman–Crippen MR) is 67.7 cm³/mol. The average molecular weight is 231 g/mol. The van der Waals surface area contributed by atoms with Crippen molar-refractivity contribution in [2.24, 2.45) is 0 Å². The van der Waals surface area contributed by atoms with Crippen LogP contribution in [0.25, 0.3) is 0 Å². The molecular weight excluding hydrogens is 217 g/mol. The zero-order chi connectivity index (χ0) is 13.2. The van der Waals surface area contributed by atoms with Crippen LogP contribution in [0.4, 0.5) is 10.5 Å². The van der Waals surface area contributed by atoms with Crippen molar-refractivity contribution in [2.45, 2.75) is 26.2 Å². The molecule has 2 radical (unpaired) electrons. The van der Waals surface area contributed by atoms with Gasteiger partial charge in [0.15, 0.2) is 5.81 Å². The fourth-order valence-electron chi connectivity index (χ4n) is 1.62. The molecule has 88 valence electrons. The minimum atomic E-state index is -0.802. The third kappa shape index (κ3) is 2.67. The zero-order valence-electron chi connectivity index (χ0n) is 10.2. The Morgan fingerprint density at radius 1 is 1.59 bits per heavy atom. The SMILES string of the molecule is [B]C(=O)Nc1coc(C)c(C(C)(C)C=C)c1=O. The Hall–Kier alpha value is -1.78. The highest BCUT2D eigenvalue weighted by atomic mass is 16.3. The van der Waals surface area contributed by atoms with Gasteiger partial charge in [-0.15, -0.1) is 6.58 Å². The number of anilines is 1. The molecule has 0 bridgehead atoms. The Morgan fingerprint density at radius 3 is 2.65 bits per heavy atom. The molecule has 0 atom stereocenters. The molecule has 0 spiro atoms. The first-order valence-corrected chi connectivity index (χ1v) is 5.12. The van der Waals surface area contributed by atoms with Gasteiger partial charge in [-0.3, -0.25) is 9.59 Å². The quantitative estimate of drug-likeness (QED) is 0.640. The second-order valence-electron chi connectivity index (χ2n) is 4.32. The molecular formula is C12H14BNO3. The molecule has 1 rings (SSSR count). The second kappa shape index (κ2) is 4.61. The summed E-state index contributed by atoms with van der Waals surface area (Å²) in [5.41, 5.74) is -0.357. The molecule has 1 aromatic heterocycles. The van der Waals surface area contributed by atoms with Crippen molar-refractivity contribution in [3.05, 3.63) is 40.5 Å². The van der Waals surface area contributed by atoms with E-state index in [2.05, 4.69) is 11.9 Å². The van der Waals surface area contributed by atoms with E-state index in [1.54, 1.807) is 13.0 Å². The molecule has 0 aromatic carbocycles. The van der Waals surface area contributed by atoms with Crippen LogP contribution in [-0.4, -0.2) is 13.7 Å². The van der Waals surface area contributed by atoms with E-state index in [-0.39, 0.29) is 11.1 Å². The number of aryl methyl sites for hydroxylation is 1. The predicted octanol–water partition coefficient (Wildman–Crippen LogP) is 2.11. The van der Waals surface area contributed by atoms with Gasteiger partial charge in [0.25, 0.3) is 0 Å². The standard InChI is InChI=1S/C12H14BNO3/c1-5-12(3,4)9-7(2)17-6-8(10(9)15)14-11(13)16/h5-6H,1H2,2-4H3,(H,14,16). The van der Waals surface area contributed by atoms with E-state index in [0.29, 0.717) is 11.3 Å². The smallest absolute Gasteiger partial charge is 0.212 e. The maximum atomic E-state index is 12.2. The van der Waals surface area contributed by atoms with Gasteiger partial charge in [-0.05, 0) is 6.92 Å². The molecule has 5 heteroatoms. The molecule has 0 unspecified atom stereocenters. The fourth-order valence-corrected chi connectivity index (χ4v) is 1.62. The first-order valence-electron chi connectivity index (χ1n) is 5.12. The Balaban J connectivity index is 3.45. The lowest BCUT2D eigenvalue weighted by molar-refractivity contribution is 0.268. The van der Waals surface area contributed by atoms with Gasteiger partial charge in [0.2, 0.25) is 13.3 Å². The Morgan fingerprint density at radius 2 is 2.18 bits per heavy atom. The normalized spacial score (nSPS) is 11.0. The van der Waals surface area contributed by atoms with Gasteiger partial charge >= 0.3 is 0 Å². The molecule has 0 saturated heterocycles. The monoisotopic (exact) mass is 231 g/mol. The number of hydrogen-bond donors (Lipinski definition) is 1. The molecule has 1 amide bonds. The third-order valence-electron chi connectivity index (χ3n) is 2.59. The largest absolute Gasteiger partial charge is 0.467 e. The molecule has 17 heavy (non-hydrogen) atoms. The summed E-state index contributed by atoms with van der Waals surface area (Å²) in [7, 11) is 4.97. The van der Waals surface area contributed by atoms with Crippen LogP contribution in [-0.2, 0) is 5.41 Å². The van der Waals surface area contributed by atoms with Crippen molar-refractivity contribution in [3.8, 4) is 0 Å². The average Bonchev–Trinajstić information content (AvgIpc) is 2.22. The van der Waals surface area contributed by atoms with Crippen molar-refractivity contribution in [2.75, 3.05) is 5.32 Å². The number of allylic oxidation sites excluding steroid dienone is 1. The lowest BCUT2D eigenvalue weighted by Crippen LogP contribution is -2.28. The number of carbonyl (C=O) groups excluding carboxylic acids is 1. The molecule has 0 aliphatic heterocycles. The maximum absolute atomic E-state index is 12.2. The maximum Gasteiger partial charge on any atom is 0.212 e. The van der Waals surface area contributed by atoms with Gasteiger partial charge in [0.1, 0.15) is 17.7 Å². The van der Waals surface area contributed by atoms with Gasteiger partial charge in [0.05, 0.1) is 0 Å². The van der Waals surface area contributed by atoms with Crippen molar-refractivity contribution in [1.29, 1.82) is 0 Å². The summed E-state index contributed by atoms with van der Waals surface area (Å²) in [6, 6.07) is 0. The van der Waals surface area contributed by atoms with Crippen LogP contribution in [0, 0.1) is 6.92 Å². The highest BCUT2D eigenvalue weighted by Gasteiger charge is 2.25. The van der Waals surface area contributed by atoms with Gasteiger partial charge < -0.3 is 9.73 Å². The van der Waals surface area contributed by atoms with E-state index in [9.17, 15) is 9.59 Å². The van der Waals surface area contributed by atoms with Crippen LogP contribution in [0.15, 0.2) is 28.1 Å². The topological polar surface area (TPSA) is 59.3 Å². The zero-order valence-corrected chi connectivity index (χ0v) is 10.2. The summed E-state index contributed by atoms with van der Waals surface area (Å²) in [5.74, 6) is -0.307. The summed E-state index contributed by atoms with van der Waals surface area (Å²) < 4.78 is 5.24. The van der Waals surface area contributed by atoms with Gasteiger partial charge in [-0.1, -0.05) is 19.9 Å². The molecule has 1 heterocycles. The lowest BCUT2D eigenvalue weighted by atomic mass is 9.84. The minimum Gasteiger partial charge on any atom is -0.467 e. The molecule has 1 aromatic rings. The summed E-state index contributed by atoms with van der Waals surface area (Å²) >= 11 is 0. The first kappa shape index (κ1) is 13.3. The van der Waals surface area contributed by atoms with E-state index in [1.807, 2.05) is 13.8 Å². The number of nitrogens with one attached hydrogen (secondary N) is 1. The van der Waals surface area contributed by atoms with Gasteiger partial charge in [-0.25, -0.2) is 0 Å². The first-order chi connectivity index (χ1) is 7.79. The molecule has 0 aliphatic rings. The van der Waals surface area contributed by atoms with E-state index in [1.165, 1.54) is 6.26 Å². The van der Waals surface area contributed by atoms with Crippen LogP contribution in [0.5, 0.6) is 0 Å². The summed E-state index contributed by atoms with van der Waals surface area (Å²) in [6.07, 6.45) is 2.84. The molecule has 0 saturated carbocycles. The second-order valence-corrected chi connectivity index (χ2v) is 4.32. The Labute approximate surface area is 101 Å². The van der Waals surface area contributed by atoms with E-state index >= 15 is 0 Å². The van der Waals surface area contributed by atoms with Gasteiger partial charge in [-0.2, -0.15) is 0 Å². The third-order valence-corrected chi connectivity index (χ3v) is 2.59. The molecule has 1 N–H and O–H groups in total. The number of hydrogen-bond acceptors (Lipinski definition) is 3. The highest BCUT2D eigenvalue weighted by Crippen LogP contribution is 2.25. The Bertz CT molecular complexity index is 517. The van der Waals surface area contributed by atoms with Crippen LogP contribution < -0.4 is 10.7 Å². The Kier molecular flexibility index (Phi) is 3.61. The van der Waals surface area contributed by atoms with Crippen molar-refractivity contribution in [1.82, 2.24) is 0 Å². The van der Waals surface area contributed by atoms with Crippen molar-refractivity contribution >= 4 is 19.3 Å². The fraction of sp³-hybridized carbons (Fsp3) is 0.333. The van der Waals surface area contributed by atoms with Crippen LogP contribution in [0.3, 0.4) is 0 Å². The van der Waals surface area contributed by atoms with Crippen LogP contribution in [0.1, 0.15) is 25.2 Å². The molecule has 0 aliphatic carbocycles. The summed E-state index contributed by atoms with van der Waals surface area (Å²) in [4.78, 5) is 22.9. The number of rotatable bonds is 3. The molecule has 4 nitrogen and oxygen atoms in total. The van der Waals surface area contributed by atoms with E-state index in [4.69, 9.17) is 12.3 Å². The van der Waals surface area contributed by atoms with Crippen LogP contribution in [0.2, 0.25) is 0 Å². The van der Waals surface area contributed by atoms with Crippen molar-refractivity contribution < 1.29 is 9.21 Å². The number of amides is 1. The highest BCUT2D eigenvalue weighted by molar-refractivity contribution is 6.60. The minimum absolute atomic E-state index is 0.0352. The van der Waals surface area contributed by atoms with Crippen LogP contribution >= 0.6 is 0 Å². The summed E-state index contributed by atoms with van der Waals surface area (Å²) in [5, 5.41) is 2.24. The molecule has 0 fully saturated rings. The number of carbonyl (C=O) groups is 1. The van der Waals surface area contributed by atoms with Gasteiger partial charge in [0, 0.05) is 11.0 Å². The van der Waals surface area contributed by atoms with E-state index in [0.717, 1.165) is 0 Å².